The Labute approximate surface area is 173 Å². The number of nitrogens with one attached hydrogen (secondary N) is 1. The summed E-state index contributed by atoms with van der Waals surface area (Å²) in [4.78, 5) is 7.96. The molecule has 0 saturated heterocycles. The van der Waals surface area contributed by atoms with Crippen molar-refractivity contribution in [3.05, 3.63) is 45.5 Å². The fraction of sp³-hybridized carbons (Fsp3) is 0.400. The summed E-state index contributed by atoms with van der Waals surface area (Å²) in [7, 11) is 0. The summed E-state index contributed by atoms with van der Waals surface area (Å²) in [5.74, 6) is 2.49. The predicted molar refractivity (Wildman–Crippen MR) is 114 cm³/mol. The first-order valence-corrected chi connectivity index (χ1v) is 10.8. The van der Waals surface area contributed by atoms with Crippen molar-refractivity contribution in [3.8, 4) is 22.2 Å². The molecule has 0 bridgehead atoms. The molecule has 0 unspecified atom stereocenters. The molecular weight excluding hydrogens is 392 g/mol. The molecule has 2 aromatic heterocycles. The van der Waals surface area contributed by atoms with Crippen molar-refractivity contribution in [2.45, 2.75) is 33.5 Å². The average Bonchev–Trinajstić information content (AvgIpc) is 3.33. The van der Waals surface area contributed by atoms with Crippen molar-refractivity contribution in [1.82, 2.24) is 19.7 Å². The number of hydrogen-bond acceptors (Lipinski definition) is 6. The molecule has 1 aliphatic heterocycles. The van der Waals surface area contributed by atoms with Gasteiger partial charge in [-0.3, -0.25) is 10.00 Å². The van der Waals surface area contributed by atoms with Gasteiger partial charge in [-0.1, -0.05) is 6.07 Å². The summed E-state index contributed by atoms with van der Waals surface area (Å²) < 4.78 is 14.1. The zero-order valence-corrected chi connectivity index (χ0v) is 17.7. The van der Waals surface area contributed by atoms with E-state index in [0.29, 0.717) is 24.7 Å². The molecule has 148 valence electrons. The summed E-state index contributed by atoms with van der Waals surface area (Å²) in [6, 6.07) is 8.33. The van der Waals surface area contributed by atoms with E-state index >= 15 is 0 Å². The number of nitrogens with zero attached hydrogens (tertiary/aromatic N) is 3. The van der Waals surface area contributed by atoms with Crippen LogP contribution in [0.5, 0.6) is 11.5 Å². The Morgan fingerprint density at radius 3 is 2.61 bits per heavy atom. The lowest BCUT2D eigenvalue weighted by atomic mass is 9.99. The molecule has 1 N–H and O–H groups in total. The minimum absolute atomic E-state index is 0.580. The molecule has 0 fully saturated rings. The normalized spacial score (nSPS) is 14.1. The van der Waals surface area contributed by atoms with Crippen molar-refractivity contribution in [3.63, 3.8) is 0 Å². The van der Waals surface area contributed by atoms with Crippen molar-refractivity contribution in [1.29, 1.82) is 0 Å². The van der Waals surface area contributed by atoms with Gasteiger partial charge in [-0.05, 0) is 67.2 Å². The first kappa shape index (κ1) is 19.2. The number of hydrogen-bond donors (Lipinski definition) is 1. The Bertz CT molecular complexity index is 994. The van der Waals surface area contributed by atoms with Crippen LogP contribution in [0.2, 0.25) is 0 Å². The van der Waals surface area contributed by atoms with Crippen molar-refractivity contribution in [2.75, 3.05) is 19.8 Å². The van der Waals surface area contributed by atoms with E-state index < -0.39 is 0 Å². The number of ether oxygens (including phenoxy) is 2. The number of H-pyrrole nitrogens is 1. The summed E-state index contributed by atoms with van der Waals surface area (Å²) in [6.07, 6.45) is 0.973. The highest BCUT2D eigenvalue weighted by Gasteiger charge is 2.20. The second-order valence-electron chi connectivity index (χ2n) is 6.64. The van der Waals surface area contributed by atoms with Gasteiger partial charge in [0.1, 0.15) is 0 Å². The summed E-state index contributed by atoms with van der Waals surface area (Å²) in [5.41, 5.74) is 2.61. The Morgan fingerprint density at radius 2 is 1.93 bits per heavy atom. The first-order chi connectivity index (χ1) is 13.7. The van der Waals surface area contributed by atoms with E-state index in [4.69, 9.17) is 21.7 Å². The summed E-state index contributed by atoms with van der Waals surface area (Å²) >= 11 is 7.11. The summed E-state index contributed by atoms with van der Waals surface area (Å²) in [5, 5.41) is 5.38. The number of aromatic nitrogens is 3. The van der Waals surface area contributed by atoms with Crippen molar-refractivity contribution < 1.29 is 9.47 Å². The van der Waals surface area contributed by atoms with Gasteiger partial charge >= 0.3 is 0 Å². The van der Waals surface area contributed by atoms with E-state index in [1.165, 1.54) is 11.1 Å². The smallest absolute Gasteiger partial charge is 0.217 e. The first-order valence-electron chi connectivity index (χ1n) is 9.52. The van der Waals surface area contributed by atoms with Gasteiger partial charge in [0.15, 0.2) is 17.3 Å². The molecule has 1 aliphatic rings. The molecule has 28 heavy (non-hydrogen) atoms. The van der Waals surface area contributed by atoms with Crippen LogP contribution in [0.15, 0.2) is 29.6 Å². The molecule has 0 aliphatic carbocycles. The van der Waals surface area contributed by atoms with Gasteiger partial charge in [0.05, 0.1) is 24.8 Å². The van der Waals surface area contributed by atoms with Crippen molar-refractivity contribution >= 4 is 23.6 Å². The third kappa shape index (κ3) is 3.99. The molecule has 4 rings (SSSR count). The van der Waals surface area contributed by atoms with E-state index in [1.54, 1.807) is 11.3 Å². The lowest BCUT2D eigenvalue weighted by Gasteiger charge is -2.29. The molecule has 0 radical (unpaired) electrons. The largest absolute Gasteiger partial charge is 0.490 e. The van der Waals surface area contributed by atoms with Crippen LogP contribution < -0.4 is 9.47 Å². The molecule has 1 aromatic carbocycles. The van der Waals surface area contributed by atoms with Gasteiger partial charge in [0.25, 0.3) is 0 Å². The van der Waals surface area contributed by atoms with Crippen LogP contribution in [0.4, 0.5) is 0 Å². The number of rotatable bonds is 7. The Morgan fingerprint density at radius 1 is 1.18 bits per heavy atom. The van der Waals surface area contributed by atoms with E-state index in [1.807, 2.05) is 36.0 Å². The molecule has 3 aromatic rings. The highest BCUT2D eigenvalue weighted by molar-refractivity contribution is 7.71. The zero-order chi connectivity index (χ0) is 19.5. The lowest BCUT2D eigenvalue weighted by molar-refractivity contribution is 0.187. The maximum absolute atomic E-state index is 5.79. The van der Waals surface area contributed by atoms with Gasteiger partial charge in [0.2, 0.25) is 4.77 Å². The van der Waals surface area contributed by atoms with Crippen LogP contribution in [0.3, 0.4) is 0 Å². The third-order valence-electron chi connectivity index (χ3n) is 4.73. The van der Waals surface area contributed by atoms with Crippen LogP contribution in [-0.4, -0.2) is 39.4 Å². The molecule has 0 spiro atoms. The number of benzene rings is 1. The number of aromatic amines is 1. The Hall–Kier alpha value is -2.16. The van der Waals surface area contributed by atoms with Gasteiger partial charge in [-0.25, -0.2) is 4.68 Å². The predicted octanol–water partition coefficient (Wildman–Crippen LogP) is 4.48. The lowest BCUT2D eigenvalue weighted by Crippen LogP contribution is -2.32. The summed E-state index contributed by atoms with van der Waals surface area (Å²) in [6.45, 7) is 7.74. The van der Waals surface area contributed by atoms with Gasteiger partial charge in [-0.2, -0.15) is 4.98 Å². The Kier molecular flexibility index (Phi) is 5.79. The SMILES string of the molecule is CCOc1cc2c(cc1OCC)CN(Cn1[nH]c(-c3cccs3)nc1=S)CC2. The number of thiophene rings is 1. The maximum Gasteiger partial charge on any atom is 0.217 e. The third-order valence-corrected chi connectivity index (χ3v) is 5.92. The molecule has 0 amide bonds. The second-order valence-corrected chi connectivity index (χ2v) is 7.95. The van der Waals surface area contributed by atoms with Gasteiger partial charge in [0, 0.05) is 13.1 Å². The van der Waals surface area contributed by atoms with Crippen LogP contribution in [0, 0.1) is 4.77 Å². The van der Waals surface area contributed by atoms with Crippen molar-refractivity contribution in [2.24, 2.45) is 0 Å². The topological polar surface area (TPSA) is 55.3 Å². The standard InChI is InChI=1S/C20H24N4O2S2/c1-3-25-16-10-14-7-8-23(12-15(14)11-17(16)26-4-2)13-24-20(27)21-19(22-24)18-6-5-9-28-18/h5-6,9-11H,3-4,7-8,12-13H2,1-2H3,(H,21,22,27). The molecule has 6 nitrogen and oxygen atoms in total. The fourth-order valence-electron chi connectivity index (χ4n) is 3.46. The van der Waals surface area contributed by atoms with Gasteiger partial charge < -0.3 is 9.47 Å². The van der Waals surface area contributed by atoms with E-state index in [0.717, 1.165) is 41.7 Å². The highest BCUT2D eigenvalue weighted by Crippen LogP contribution is 2.34. The molecule has 0 atom stereocenters. The average molecular weight is 417 g/mol. The monoisotopic (exact) mass is 416 g/mol. The molecule has 3 heterocycles. The molecule has 0 saturated carbocycles. The zero-order valence-electron chi connectivity index (χ0n) is 16.1. The van der Waals surface area contributed by atoms with E-state index in [9.17, 15) is 0 Å². The van der Waals surface area contributed by atoms with Crippen LogP contribution in [-0.2, 0) is 19.6 Å². The van der Waals surface area contributed by atoms with Crippen LogP contribution >= 0.6 is 23.6 Å². The minimum atomic E-state index is 0.580. The maximum atomic E-state index is 5.79. The van der Waals surface area contributed by atoms with E-state index in [-0.39, 0.29) is 0 Å². The van der Waals surface area contributed by atoms with Crippen LogP contribution in [0.1, 0.15) is 25.0 Å². The van der Waals surface area contributed by atoms with Crippen LogP contribution in [0.25, 0.3) is 10.7 Å². The second kappa shape index (κ2) is 8.46. The Balaban J connectivity index is 1.53. The fourth-order valence-corrected chi connectivity index (χ4v) is 4.31. The highest BCUT2D eigenvalue weighted by atomic mass is 32.1. The molecular formula is C20H24N4O2S2. The quantitative estimate of drug-likeness (QED) is 0.576. The minimum Gasteiger partial charge on any atom is -0.490 e. The van der Waals surface area contributed by atoms with Gasteiger partial charge in [-0.15, -0.1) is 11.3 Å². The van der Waals surface area contributed by atoms with E-state index in [2.05, 4.69) is 27.1 Å². The molecule has 8 heteroatoms. The number of fused-ring (bicyclic) bond motifs is 1.